The summed E-state index contributed by atoms with van der Waals surface area (Å²) in [7, 11) is 0. The van der Waals surface area contributed by atoms with E-state index in [1.165, 1.54) is 4.88 Å². The van der Waals surface area contributed by atoms with Crippen LogP contribution in [0.4, 0.5) is 0 Å². The number of hydrogen-bond donors (Lipinski definition) is 1. The number of carbonyl (C=O) groups excluding carboxylic acids is 1. The van der Waals surface area contributed by atoms with E-state index in [4.69, 9.17) is 4.74 Å². The molecule has 1 fully saturated rings. The van der Waals surface area contributed by atoms with E-state index in [2.05, 4.69) is 32.2 Å². The molecule has 4 nitrogen and oxygen atoms in total. The Balaban J connectivity index is 2.01. The van der Waals surface area contributed by atoms with E-state index in [1.807, 2.05) is 13.0 Å². The Morgan fingerprint density at radius 3 is 3.17 bits per heavy atom. The number of ether oxygens (including phenoxy) is 1. The molecule has 1 unspecified atom stereocenters. The number of piperazine rings is 1. The molecule has 0 saturated carbocycles. The minimum atomic E-state index is -0.167. The van der Waals surface area contributed by atoms with Crippen LogP contribution < -0.4 is 5.32 Å². The fraction of sp³-hybridized carbons (Fsp3) is 0.583. The van der Waals surface area contributed by atoms with Gasteiger partial charge in [-0.05, 0) is 35.0 Å². The van der Waals surface area contributed by atoms with Crippen LogP contribution in [0.25, 0.3) is 0 Å². The second kappa shape index (κ2) is 6.65. The maximum absolute atomic E-state index is 11.9. The second-order valence-corrected chi connectivity index (χ2v) is 6.70. The molecule has 1 atom stereocenters. The van der Waals surface area contributed by atoms with Gasteiger partial charge < -0.3 is 10.1 Å². The van der Waals surface area contributed by atoms with Gasteiger partial charge in [0.25, 0.3) is 0 Å². The Kier molecular flexibility index (Phi) is 5.17. The van der Waals surface area contributed by atoms with Crippen LogP contribution in [-0.2, 0) is 16.1 Å². The van der Waals surface area contributed by atoms with Crippen molar-refractivity contribution in [3.8, 4) is 0 Å². The van der Waals surface area contributed by atoms with Crippen molar-refractivity contribution in [3.63, 3.8) is 0 Å². The van der Waals surface area contributed by atoms with Crippen LogP contribution in [-0.4, -0.2) is 43.2 Å². The summed E-state index contributed by atoms with van der Waals surface area (Å²) in [5, 5.41) is 3.25. The number of halogens is 1. The summed E-state index contributed by atoms with van der Waals surface area (Å²) in [4.78, 5) is 15.3. The Morgan fingerprint density at radius 1 is 1.67 bits per heavy atom. The Morgan fingerprint density at radius 2 is 2.50 bits per heavy atom. The van der Waals surface area contributed by atoms with Crippen LogP contribution >= 0.6 is 27.3 Å². The van der Waals surface area contributed by atoms with Crippen molar-refractivity contribution >= 4 is 33.2 Å². The van der Waals surface area contributed by atoms with Crippen molar-refractivity contribution in [2.45, 2.75) is 19.5 Å². The molecule has 2 rings (SSSR count). The van der Waals surface area contributed by atoms with Crippen molar-refractivity contribution in [1.29, 1.82) is 0 Å². The van der Waals surface area contributed by atoms with Crippen molar-refractivity contribution in [2.75, 3.05) is 26.2 Å². The fourth-order valence-corrected chi connectivity index (χ4v) is 3.55. The number of rotatable bonds is 4. The van der Waals surface area contributed by atoms with Crippen molar-refractivity contribution in [1.82, 2.24) is 10.2 Å². The third kappa shape index (κ3) is 3.54. The molecule has 0 aromatic carbocycles. The Labute approximate surface area is 119 Å². The molecule has 0 spiro atoms. The van der Waals surface area contributed by atoms with Crippen LogP contribution in [0.5, 0.6) is 0 Å². The smallest absolute Gasteiger partial charge is 0.324 e. The Hall–Kier alpha value is -0.430. The third-order valence-electron chi connectivity index (χ3n) is 2.90. The van der Waals surface area contributed by atoms with Gasteiger partial charge in [0.15, 0.2) is 0 Å². The summed E-state index contributed by atoms with van der Waals surface area (Å²) in [6.07, 6.45) is 0. The maximum atomic E-state index is 11.9. The van der Waals surface area contributed by atoms with Crippen LogP contribution in [0.3, 0.4) is 0 Å². The van der Waals surface area contributed by atoms with Gasteiger partial charge in [-0.25, -0.2) is 0 Å². The topological polar surface area (TPSA) is 41.6 Å². The molecule has 0 bridgehead atoms. The normalized spacial score (nSPS) is 20.9. The zero-order valence-electron chi connectivity index (χ0n) is 10.3. The number of carbonyl (C=O) groups is 1. The SMILES string of the molecule is CCOC(=O)C1CNCCN1Cc1ccc(Br)s1. The summed E-state index contributed by atoms with van der Waals surface area (Å²) in [6, 6.07) is 3.97. The average molecular weight is 333 g/mol. The van der Waals surface area contributed by atoms with E-state index < -0.39 is 0 Å². The number of nitrogens with one attached hydrogen (secondary N) is 1. The largest absolute Gasteiger partial charge is 0.465 e. The van der Waals surface area contributed by atoms with Gasteiger partial charge in [-0.3, -0.25) is 9.69 Å². The standard InChI is InChI=1S/C12H17BrN2O2S/c1-2-17-12(16)10-7-14-5-6-15(10)8-9-3-4-11(13)18-9/h3-4,10,14H,2,5-8H2,1H3. The molecule has 1 aromatic rings. The third-order valence-corrected chi connectivity index (χ3v) is 4.51. The van der Waals surface area contributed by atoms with Crippen LogP contribution in [0.15, 0.2) is 15.9 Å². The molecule has 1 aliphatic rings. The highest BCUT2D eigenvalue weighted by molar-refractivity contribution is 9.11. The first-order valence-corrected chi connectivity index (χ1v) is 7.67. The van der Waals surface area contributed by atoms with E-state index in [1.54, 1.807) is 11.3 Å². The van der Waals surface area contributed by atoms with Gasteiger partial charge in [-0.2, -0.15) is 0 Å². The molecule has 2 heterocycles. The van der Waals surface area contributed by atoms with E-state index in [-0.39, 0.29) is 12.0 Å². The highest BCUT2D eigenvalue weighted by Gasteiger charge is 2.29. The summed E-state index contributed by atoms with van der Waals surface area (Å²) in [5.74, 6) is -0.125. The molecular weight excluding hydrogens is 316 g/mol. The lowest BCUT2D eigenvalue weighted by atomic mass is 10.2. The molecule has 1 saturated heterocycles. The van der Waals surface area contributed by atoms with Crippen molar-refractivity contribution in [2.24, 2.45) is 0 Å². The zero-order chi connectivity index (χ0) is 13.0. The monoisotopic (exact) mass is 332 g/mol. The molecule has 0 radical (unpaired) electrons. The van der Waals surface area contributed by atoms with Gasteiger partial charge >= 0.3 is 5.97 Å². The molecule has 0 amide bonds. The summed E-state index contributed by atoms with van der Waals surface area (Å²) in [6.45, 7) is 5.55. The first-order chi connectivity index (χ1) is 8.70. The minimum Gasteiger partial charge on any atom is -0.465 e. The molecule has 18 heavy (non-hydrogen) atoms. The summed E-state index contributed by atoms with van der Waals surface area (Å²) < 4.78 is 6.25. The molecular formula is C12H17BrN2O2S. The lowest BCUT2D eigenvalue weighted by Crippen LogP contribution is -2.54. The van der Waals surface area contributed by atoms with Gasteiger partial charge in [-0.15, -0.1) is 11.3 Å². The quantitative estimate of drug-likeness (QED) is 0.854. The first-order valence-electron chi connectivity index (χ1n) is 6.06. The van der Waals surface area contributed by atoms with Gasteiger partial charge in [0.05, 0.1) is 10.4 Å². The number of esters is 1. The predicted molar refractivity (Wildman–Crippen MR) is 75.7 cm³/mol. The van der Waals surface area contributed by atoms with Gasteiger partial charge in [0, 0.05) is 31.1 Å². The Bertz CT molecular complexity index is 411. The van der Waals surface area contributed by atoms with E-state index >= 15 is 0 Å². The molecule has 100 valence electrons. The van der Waals surface area contributed by atoms with Gasteiger partial charge in [-0.1, -0.05) is 0 Å². The van der Waals surface area contributed by atoms with Gasteiger partial charge in [0.1, 0.15) is 6.04 Å². The van der Waals surface area contributed by atoms with E-state index in [0.717, 1.165) is 23.4 Å². The maximum Gasteiger partial charge on any atom is 0.324 e. The van der Waals surface area contributed by atoms with Crippen LogP contribution in [0, 0.1) is 0 Å². The molecule has 0 aliphatic carbocycles. The van der Waals surface area contributed by atoms with Crippen LogP contribution in [0.1, 0.15) is 11.8 Å². The highest BCUT2D eigenvalue weighted by atomic mass is 79.9. The molecule has 1 aromatic heterocycles. The van der Waals surface area contributed by atoms with E-state index in [0.29, 0.717) is 13.2 Å². The lowest BCUT2D eigenvalue weighted by molar-refractivity contribution is -0.150. The summed E-state index contributed by atoms with van der Waals surface area (Å²) >= 11 is 5.17. The fourth-order valence-electron chi connectivity index (χ4n) is 2.04. The second-order valence-electron chi connectivity index (χ2n) is 4.15. The molecule has 1 N–H and O–H groups in total. The molecule has 1 aliphatic heterocycles. The number of hydrogen-bond acceptors (Lipinski definition) is 5. The van der Waals surface area contributed by atoms with Crippen molar-refractivity contribution < 1.29 is 9.53 Å². The number of nitrogens with zero attached hydrogens (tertiary/aromatic N) is 1. The zero-order valence-corrected chi connectivity index (χ0v) is 12.7. The first kappa shape index (κ1) is 14.0. The average Bonchev–Trinajstić information content (AvgIpc) is 2.76. The predicted octanol–water partition coefficient (Wildman–Crippen LogP) is 1.85. The van der Waals surface area contributed by atoms with Gasteiger partial charge in [0.2, 0.25) is 0 Å². The lowest BCUT2D eigenvalue weighted by Gasteiger charge is -2.34. The van der Waals surface area contributed by atoms with Crippen molar-refractivity contribution in [3.05, 3.63) is 20.8 Å². The molecule has 6 heteroatoms. The minimum absolute atomic E-state index is 0.125. The number of thiophene rings is 1. The summed E-state index contributed by atoms with van der Waals surface area (Å²) in [5.41, 5.74) is 0. The highest BCUT2D eigenvalue weighted by Crippen LogP contribution is 2.24. The van der Waals surface area contributed by atoms with Crippen LogP contribution in [0.2, 0.25) is 0 Å². The van der Waals surface area contributed by atoms with E-state index in [9.17, 15) is 4.79 Å².